The summed E-state index contributed by atoms with van der Waals surface area (Å²) in [5, 5.41) is 3.38. The number of pyridine rings is 1. The van der Waals surface area contributed by atoms with Gasteiger partial charge in [0.25, 0.3) is 5.91 Å². The molecule has 0 unspecified atom stereocenters. The number of carbonyl (C=O) groups is 1. The largest absolute Gasteiger partial charge is 0.359 e. The molecule has 1 aliphatic rings. The van der Waals surface area contributed by atoms with Crippen LogP contribution in [0, 0.1) is 5.92 Å². The Morgan fingerprint density at radius 1 is 1.30 bits per heavy atom. The minimum Gasteiger partial charge on any atom is -0.359 e. The zero-order chi connectivity index (χ0) is 14.5. The van der Waals surface area contributed by atoms with Crippen molar-refractivity contribution in [2.24, 2.45) is 5.92 Å². The first-order valence-electron chi connectivity index (χ1n) is 7.17. The molecule has 1 fully saturated rings. The number of carbonyl (C=O) groups excluding carboxylic acids is 1. The van der Waals surface area contributed by atoms with E-state index in [1.807, 2.05) is 12.1 Å². The fourth-order valence-electron chi connectivity index (χ4n) is 2.54. The molecule has 0 radical (unpaired) electrons. The zero-order valence-electron chi connectivity index (χ0n) is 12.6. The van der Waals surface area contributed by atoms with Gasteiger partial charge >= 0.3 is 0 Å². The van der Waals surface area contributed by atoms with E-state index in [4.69, 9.17) is 0 Å². The molecular weight excluding hydrogens is 252 g/mol. The van der Waals surface area contributed by atoms with E-state index >= 15 is 0 Å². The summed E-state index contributed by atoms with van der Waals surface area (Å²) in [5.41, 5.74) is 0.633. The van der Waals surface area contributed by atoms with Crippen molar-refractivity contribution >= 4 is 11.7 Å². The Balaban J connectivity index is 1.96. The van der Waals surface area contributed by atoms with Gasteiger partial charge in [-0.25, -0.2) is 4.98 Å². The van der Waals surface area contributed by atoms with Crippen LogP contribution in [0.5, 0.6) is 0 Å². The number of anilines is 1. The lowest BCUT2D eigenvalue weighted by Gasteiger charge is -2.28. The van der Waals surface area contributed by atoms with Crippen LogP contribution in [0.2, 0.25) is 0 Å². The molecule has 1 N–H and O–H groups in total. The van der Waals surface area contributed by atoms with E-state index in [9.17, 15) is 4.79 Å². The van der Waals surface area contributed by atoms with Gasteiger partial charge in [0, 0.05) is 33.9 Å². The molecule has 2 heterocycles. The lowest BCUT2D eigenvalue weighted by atomic mass is 9.98. The molecule has 0 spiro atoms. The van der Waals surface area contributed by atoms with Gasteiger partial charge in [0.2, 0.25) is 0 Å². The number of hydrogen-bond donors (Lipinski definition) is 1. The highest BCUT2D eigenvalue weighted by Gasteiger charge is 2.16. The molecule has 5 heteroatoms. The van der Waals surface area contributed by atoms with Gasteiger partial charge in [0.1, 0.15) is 5.82 Å². The van der Waals surface area contributed by atoms with Crippen LogP contribution in [0.3, 0.4) is 0 Å². The number of hydrogen-bond acceptors (Lipinski definition) is 4. The Hall–Kier alpha value is -1.62. The molecule has 5 nitrogen and oxygen atoms in total. The summed E-state index contributed by atoms with van der Waals surface area (Å²) in [6.45, 7) is 3.25. The number of nitrogens with zero attached hydrogens (tertiary/aromatic N) is 3. The highest BCUT2D eigenvalue weighted by molar-refractivity contribution is 5.93. The maximum Gasteiger partial charge on any atom is 0.254 e. The molecule has 1 aliphatic heterocycles. The predicted molar refractivity (Wildman–Crippen MR) is 81.1 cm³/mol. The average molecular weight is 276 g/mol. The van der Waals surface area contributed by atoms with Crippen LogP contribution >= 0.6 is 0 Å². The van der Waals surface area contributed by atoms with Crippen LogP contribution in [0.4, 0.5) is 5.82 Å². The standard InChI is InChI=1S/C15H24N4O/c1-18(2)15(20)13-4-5-14(17-10-13)19(3)11-12-6-8-16-9-7-12/h4-5,10,12,16H,6-9,11H2,1-3H3. The van der Waals surface area contributed by atoms with Crippen LogP contribution < -0.4 is 10.2 Å². The number of aromatic nitrogens is 1. The molecule has 1 aromatic heterocycles. The first kappa shape index (κ1) is 14.8. The van der Waals surface area contributed by atoms with E-state index in [1.165, 1.54) is 12.8 Å². The van der Waals surface area contributed by atoms with Gasteiger partial charge in [-0.3, -0.25) is 4.79 Å². The van der Waals surface area contributed by atoms with E-state index in [1.54, 1.807) is 25.2 Å². The molecular formula is C15H24N4O. The van der Waals surface area contributed by atoms with Gasteiger partial charge < -0.3 is 15.1 Å². The Morgan fingerprint density at radius 2 is 2.00 bits per heavy atom. The summed E-state index contributed by atoms with van der Waals surface area (Å²) in [5.74, 6) is 1.65. The number of piperidine rings is 1. The van der Waals surface area contributed by atoms with Crippen molar-refractivity contribution in [3.8, 4) is 0 Å². The van der Waals surface area contributed by atoms with Gasteiger partial charge in [-0.05, 0) is 44.0 Å². The second-order valence-corrected chi connectivity index (χ2v) is 5.68. The number of nitrogens with one attached hydrogen (secondary N) is 1. The average Bonchev–Trinajstić information content (AvgIpc) is 2.47. The maximum atomic E-state index is 11.8. The number of rotatable bonds is 4. The summed E-state index contributed by atoms with van der Waals surface area (Å²) in [6.07, 6.45) is 4.11. The minimum atomic E-state index is -0.00921. The zero-order valence-corrected chi connectivity index (χ0v) is 12.6. The normalized spacial score (nSPS) is 15.9. The topological polar surface area (TPSA) is 48.5 Å². The minimum absolute atomic E-state index is 0.00921. The van der Waals surface area contributed by atoms with E-state index in [0.717, 1.165) is 31.4 Å². The summed E-state index contributed by atoms with van der Waals surface area (Å²) >= 11 is 0. The van der Waals surface area contributed by atoms with Crippen molar-refractivity contribution in [2.75, 3.05) is 45.7 Å². The summed E-state index contributed by atoms with van der Waals surface area (Å²) in [6, 6.07) is 3.78. The molecule has 0 bridgehead atoms. The first-order chi connectivity index (χ1) is 9.58. The summed E-state index contributed by atoms with van der Waals surface area (Å²) in [7, 11) is 5.57. The molecule has 1 amide bonds. The highest BCUT2D eigenvalue weighted by atomic mass is 16.2. The van der Waals surface area contributed by atoms with Crippen LogP contribution in [-0.4, -0.2) is 56.6 Å². The van der Waals surface area contributed by atoms with Crippen LogP contribution in [0.25, 0.3) is 0 Å². The lowest BCUT2D eigenvalue weighted by molar-refractivity contribution is 0.0827. The van der Waals surface area contributed by atoms with Crippen LogP contribution in [0.15, 0.2) is 18.3 Å². The monoisotopic (exact) mass is 276 g/mol. The molecule has 0 aromatic carbocycles. The smallest absolute Gasteiger partial charge is 0.254 e. The molecule has 1 saturated heterocycles. The second-order valence-electron chi connectivity index (χ2n) is 5.68. The van der Waals surface area contributed by atoms with Gasteiger partial charge in [0.15, 0.2) is 0 Å². The van der Waals surface area contributed by atoms with Crippen LogP contribution in [-0.2, 0) is 0 Å². The third-order valence-corrected chi connectivity index (χ3v) is 3.78. The Morgan fingerprint density at radius 3 is 2.55 bits per heavy atom. The second kappa shape index (κ2) is 6.70. The molecule has 20 heavy (non-hydrogen) atoms. The SMILES string of the molecule is CN(C)C(=O)c1ccc(N(C)CC2CCNCC2)nc1. The van der Waals surface area contributed by atoms with E-state index in [0.29, 0.717) is 5.56 Å². The number of amides is 1. The van der Waals surface area contributed by atoms with Crippen molar-refractivity contribution in [1.82, 2.24) is 15.2 Å². The van der Waals surface area contributed by atoms with Crippen molar-refractivity contribution in [2.45, 2.75) is 12.8 Å². The lowest BCUT2D eigenvalue weighted by Crippen LogP contribution is -2.34. The fourth-order valence-corrected chi connectivity index (χ4v) is 2.54. The Labute approximate surface area is 121 Å². The van der Waals surface area contributed by atoms with Gasteiger partial charge in [-0.1, -0.05) is 0 Å². The quantitative estimate of drug-likeness (QED) is 0.898. The van der Waals surface area contributed by atoms with E-state index < -0.39 is 0 Å². The highest BCUT2D eigenvalue weighted by Crippen LogP contribution is 2.17. The van der Waals surface area contributed by atoms with Gasteiger partial charge in [-0.15, -0.1) is 0 Å². The summed E-state index contributed by atoms with van der Waals surface area (Å²) < 4.78 is 0. The Kier molecular flexibility index (Phi) is 4.95. The van der Waals surface area contributed by atoms with Gasteiger partial charge in [-0.2, -0.15) is 0 Å². The molecule has 0 aliphatic carbocycles. The molecule has 1 aromatic rings. The van der Waals surface area contributed by atoms with Crippen molar-refractivity contribution in [1.29, 1.82) is 0 Å². The third-order valence-electron chi connectivity index (χ3n) is 3.78. The molecule has 0 atom stereocenters. The third kappa shape index (κ3) is 3.70. The van der Waals surface area contributed by atoms with E-state index in [2.05, 4.69) is 22.2 Å². The van der Waals surface area contributed by atoms with Crippen molar-refractivity contribution in [3.05, 3.63) is 23.9 Å². The first-order valence-corrected chi connectivity index (χ1v) is 7.17. The van der Waals surface area contributed by atoms with Crippen molar-refractivity contribution in [3.63, 3.8) is 0 Å². The Bertz CT molecular complexity index is 438. The predicted octanol–water partition coefficient (Wildman–Crippen LogP) is 1.22. The van der Waals surface area contributed by atoms with Crippen molar-refractivity contribution < 1.29 is 4.79 Å². The molecule has 110 valence electrons. The van der Waals surface area contributed by atoms with Gasteiger partial charge in [0.05, 0.1) is 5.56 Å². The van der Waals surface area contributed by atoms with E-state index in [-0.39, 0.29) is 5.91 Å². The fraction of sp³-hybridized carbons (Fsp3) is 0.600. The van der Waals surface area contributed by atoms with Crippen LogP contribution in [0.1, 0.15) is 23.2 Å². The summed E-state index contributed by atoms with van der Waals surface area (Å²) in [4.78, 5) is 20.0. The molecule has 0 saturated carbocycles. The maximum absolute atomic E-state index is 11.8. The molecule has 2 rings (SSSR count).